The molecule has 3 fully saturated rings. The number of nitrogens with zero attached hydrogens (tertiary/aromatic N) is 1. The Labute approximate surface area is 120 Å². The number of hydrogen-bond acceptors (Lipinski definition) is 2. The molecule has 8 atom stereocenters. The Kier molecular flexibility index (Phi) is 4.41. The van der Waals surface area contributed by atoms with Crippen molar-refractivity contribution in [1.82, 2.24) is 4.90 Å². The van der Waals surface area contributed by atoms with Gasteiger partial charge in [0.1, 0.15) is 24.7 Å². The van der Waals surface area contributed by atoms with Crippen molar-refractivity contribution in [3.05, 3.63) is 0 Å². The third-order valence-corrected chi connectivity index (χ3v) is 5.08. The minimum absolute atomic E-state index is 0.0453. The van der Waals surface area contributed by atoms with E-state index < -0.39 is 42.9 Å². The normalized spacial score (nSPS) is 52.4. The van der Waals surface area contributed by atoms with Gasteiger partial charge in [0, 0.05) is 24.9 Å². The summed E-state index contributed by atoms with van der Waals surface area (Å²) in [5.41, 5.74) is 0. The third kappa shape index (κ3) is 2.91. The van der Waals surface area contributed by atoms with Crippen molar-refractivity contribution >= 4 is 0 Å². The van der Waals surface area contributed by atoms with Crippen molar-refractivity contribution in [3.63, 3.8) is 0 Å². The van der Waals surface area contributed by atoms with Gasteiger partial charge in [0.05, 0.1) is 12.8 Å². The molecule has 7 heteroatoms. The van der Waals surface area contributed by atoms with Crippen LogP contribution in [0, 0.1) is 5.92 Å². The zero-order valence-electron chi connectivity index (χ0n) is 11.6. The van der Waals surface area contributed by atoms with Gasteiger partial charge in [0.2, 0.25) is 0 Å². The first-order valence-electron chi connectivity index (χ1n) is 7.53. The Morgan fingerprint density at radius 2 is 1.57 bits per heavy atom. The second-order valence-corrected chi connectivity index (χ2v) is 6.41. The minimum atomic E-state index is -2.12. The fourth-order valence-electron chi connectivity index (χ4n) is 3.74. The van der Waals surface area contributed by atoms with E-state index in [2.05, 4.69) is 0 Å². The maximum Gasteiger partial charge on any atom is 0.163 e. The second kappa shape index (κ2) is 5.99. The van der Waals surface area contributed by atoms with Crippen LogP contribution in [0.5, 0.6) is 0 Å². The van der Waals surface area contributed by atoms with E-state index in [0.717, 1.165) is 0 Å². The van der Waals surface area contributed by atoms with Crippen molar-refractivity contribution in [2.24, 2.45) is 5.92 Å². The van der Waals surface area contributed by atoms with Gasteiger partial charge >= 0.3 is 0 Å². The van der Waals surface area contributed by atoms with Crippen LogP contribution in [0.25, 0.3) is 0 Å². The molecule has 21 heavy (non-hydrogen) atoms. The molecule has 0 aromatic heterocycles. The van der Waals surface area contributed by atoms with Crippen molar-refractivity contribution < 1.29 is 26.7 Å². The summed E-state index contributed by atoms with van der Waals surface area (Å²) < 4.78 is 72.9. The zero-order valence-corrected chi connectivity index (χ0v) is 11.6. The molecule has 122 valence electrons. The smallest absolute Gasteiger partial charge is 0.163 e. The van der Waals surface area contributed by atoms with E-state index >= 15 is 0 Å². The molecule has 0 amide bonds. The average molecular weight is 313 g/mol. The van der Waals surface area contributed by atoms with E-state index in [1.807, 2.05) is 0 Å². The van der Waals surface area contributed by atoms with Gasteiger partial charge in [-0.2, -0.15) is 0 Å². The molecule has 8 unspecified atom stereocenters. The Bertz CT molecular complexity index is 371. The van der Waals surface area contributed by atoms with Crippen LogP contribution in [0.3, 0.4) is 0 Å². The average Bonchev–Trinajstić information content (AvgIpc) is 2.47. The van der Waals surface area contributed by atoms with Crippen molar-refractivity contribution in [1.29, 1.82) is 0 Å². The highest BCUT2D eigenvalue weighted by Crippen LogP contribution is 2.38. The highest BCUT2D eigenvalue weighted by Gasteiger charge is 2.50. The van der Waals surface area contributed by atoms with Crippen LogP contribution in [0.2, 0.25) is 0 Å². The largest absolute Gasteiger partial charge is 0.362 e. The van der Waals surface area contributed by atoms with Crippen molar-refractivity contribution in [2.75, 3.05) is 13.3 Å². The molecule has 3 aliphatic rings. The van der Waals surface area contributed by atoms with Crippen LogP contribution in [0.4, 0.5) is 22.0 Å². The lowest BCUT2D eigenvalue weighted by atomic mass is 9.80. The number of hydrogen-bond donors (Lipinski definition) is 0. The molecule has 0 aromatic carbocycles. The molecule has 1 heterocycles. The highest BCUT2D eigenvalue weighted by atomic mass is 19.2. The summed E-state index contributed by atoms with van der Waals surface area (Å²) in [5.74, 6) is -0.734. The summed E-state index contributed by atoms with van der Waals surface area (Å²) in [5, 5.41) is 0. The summed E-state index contributed by atoms with van der Waals surface area (Å²) in [6, 6.07) is -0.221. The standard InChI is InChI=1S/C14H20F5NO/c15-9-2-1-7(3-10(9)16)20-5-8-12(21-6-20)4-11(17)14(19)13(8)18/h7-14H,1-6H2. The SMILES string of the molecule is FC1CCC(N2COC3CC(F)C(F)C(F)C3C2)CC1F. The molecular formula is C14H20F5NO. The Morgan fingerprint density at radius 1 is 0.810 bits per heavy atom. The molecule has 0 radical (unpaired) electrons. The molecule has 2 nitrogen and oxygen atoms in total. The molecule has 3 rings (SSSR count). The molecule has 0 spiro atoms. The molecule has 1 aliphatic heterocycles. The van der Waals surface area contributed by atoms with Crippen LogP contribution in [-0.2, 0) is 4.74 Å². The van der Waals surface area contributed by atoms with Gasteiger partial charge in [0.15, 0.2) is 6.17 Å². The second-order valence-electron chi connectivity index (χ2n) is 6.41. The van der Waals surface area contributed by atoms with Gasteiger partial charge in [-0.3, -0.25) is 4.90 Å². The predicted octanol–water partition coefficient (Wildman–Crippen LogP) is 2.91. The Morgan fingerprint density at radius 3 is 2.29 bits per heavy atom. The van der Waals surface area contributed by atoms with E-state index in [4.69, 9.17) is 4.74 Å². The van der Waals surface area contributed by atoms with E-state index in [0.29, 0.717) is 6.42 Å². The van der Waals surface area contributed by atoms with Crippen molar-refractivity contribution in [2.45, 2.75) is 68.7 Å². The van der Waals surface area contributed by atoms with Crippen molar-refractivity contribution in [3.8, 4) is 0 Å². The number of alkyl halides is 5. The molecule has 0 N–H and O–H groups in total. The summed E-state index contributed by atoms with van der Waals surface area (Å²) in [4.78, 5) is 1.75. The lowest BCUT2D eigenvalue weighted by molar-refractivity contribution is -0.178. The lowest BCUT2D eigenvalue weighted by Crippen LogP contribution is -2.59. The summed E-state index contributed by atoms with van der Waals surface area (Å²) in [7, 11) is 0. The van der Waals surface area contributed by atoms with Crippen LogP contribution in [0.1, 0.15) is 25.7 Å². The van der Waals surface area contributed by atoms with Crippen LogP contribution < -0.4 is 0 Å². The van der Waals surface area contributed by atoms with Gasteiger partial charge in [0.25, 0.3) is 0 Å². The van der Waals surface area contributed by atoms with E-state index in [1.54, 1.807) is 4.90 Å². The molecule has 0 aromatic rings. The van der Waals surface area contributed by atoms with Gasteiger partial charge in [-0.25, -0.2) is 22.0 Å². The first-order valence-corrected chi connectivity index (χ1v) is 7.53. The molecule has 0 bridgehead atoms. The zero-order chi connectivity index (χ0) is 15.1. The quantitative estimate of drug-likeness (QED) is 0.690. The molecular weight excluding hydrogens is 293 g/mol. The van der Waals surface area contributed by atoms with E-state index in [1.165, 1.54) is 0 Å². The fraction of sp³-hybridized carbons (Fsp3) is 1.00. The van der Waals surface area contributed by atoms with E-state index in [9.17, 15) is 22.0 Å². The van der Waals surface area contributed by atoms with E-state index in [-0.39, 0.29) is 38.6 Å². The topological polar surface area (TPSA) is 12.5 Å². The number of halogens is 5. The molecule has 2 aliphatic carbocycles. The summed E-state index contributed by atoms with van der Waals surface area (Å²) in [6.45, 7) is 0.360. The van der Waals surface area contributed by atoms with Crippen LogP contribution >= 0.6 is 0 Å². The number of ether oxygens (including phenoxy) is 1. The minimum Gasteiger partial charge on any atom is -0.362 e. The lowest BCUT2D eigenvalue weighted by Gasteiger charge is -2.47. The number of rotatable bonds is 1. The monoisotopic (exact) mass is 313 g/mol. The number of fused-ring (bicyclic) bond motifs is 1. The van der Waals surface area contributed by atoms with Crippen LogP contribution in [-0.4, -0.2) is 61.2 Å². The predicted molar refractivity (Wildman–Crippen MR) is 66.7 cm³/mol. The third-order valence-electron chi connectivity index (χ3n) is 5.08. The first kappa shape index (κ1) is 15.5. The highest BCUT2D eigenvalue weighted by molar-refractivity contribution is 4.98. The molecule has 2 saturated carbocycles. The summed E-state index contributed by atoms with van der Waals surface area (Å²) in [6.07, 6.45) is -8.92. The maximum atomic E-state index is 14.0. The summed E-state index contributed by atoms with van der Waals surface area (Å²) >= 11 is 0. The van der Waals surface area contributed by atoms with Gasteiger partial charge < -0.3 is 4.74 Å². The Balaban J connectivity index is 1.63. The van der Waals surface area contributed by atoms with Crippen LogP contribution in [0.15, 0.2) is 0 Å². The Hall–Kier alpha value is -0.430. The maximum absolute atomic E-state index is 14.0. The first-order chi connectivity index (χ1) is 9.97. The van der Waals surface area contributed by atoms with Gasteiger partial charge in [-0.05, 0) is 19.3 Å². The van der Waals surface area contributed by atoms with Gasteiger partial charge in [-0.15, -0.1) is 0 Å². The fourth-order valence-corrected chi connectivity index (χ4v) is 3.74. The molecule has 1 saturated heterocycles. The van der Waals surface area contributed by atoms with Gasteiger partial charge in [-0.1, -0.05) is 0 Å².